The van der Waals surface area contributed by atoms with Crippen molar-refractivity contribution in [3.63, 3.8) is 0 Å². The topological polar surface area (TPSA) is 30.5 Å². The van der Waals surface area contributed by atoms with Crippen LogP contribution in [0.25, 0.3) is 0 Å². The maximum Gasteiger partial charge on any atom is 0.127 e. The lowest BCUT2D eigenvalue weighted by molar-refractivity contribution is 0.389. The Kier molecular flexibility index (Phi) is 8.13. The Bertz CT molecular complexity index is 614. The van der Waals surface area contributed by atoms with Crippen LogP contribution in [-0.4, -0.2) is 14.2 Å². The molecule has 0 saturated carbocycles. The number of ether oxygens (including phenoxy) is 2. The molecule has 0 aliphatic carbocycles. The molecular weight excluding hydrogens is 293 g/mol. The number of rotatable bonds is 6. The second-order valence-corrected chi connectivity index (χ2v) is 4.81. The van der Waals surface area contributed by atoms with Crippen molar-refractivity contribution in [2.75, 3.05) is 14.2 Å². The number of methoxy groups -OCH3 is 2. The van der Waals surface area contributed by atoms with Crippen molar-refractivity contribution in [2.24, 2.45) is 0 Å². The number of hydrogen-bond donors (Lipinski definition) is 1. The molecule has 126 valence electrons. The van der Waals surface area contributed by atoms with E-state index in [2.05, 4.69) is 5.32 Å². The van der Waals surface area contributed by atoms with E-state index in [-0.39, 0.29) is 5.82 Å². The molecule has 0 atom stereocenters. The second kappa shape index (κ2) is 9.85. The zero-order valence-electron chi connectivity index (χ0n) is 14.6. The molecule has 23 heavy (non-hydrogen) atoms. The molecule has 0 fully saturated rings. The normalized spacial score (nSPS) is 9.83. The van der Waals surface area contributed by atoms with Crippen molar-refractivity contribution in [1.29, 1.82) is 0 Å². The summed E-state index contributed by atoms with van der Waals surface area (Å²) >= 11 is 0. The smallest absolute Gasteiger partial charge is 0.127 e. The molecule has 0 heterocycles. The molecule has 4 heteroatoms. The third kappa shape index (κ3) is 5.25. The van der Waals surface area contributed by atoms with Gasteiger partial charge in [-0.3, -0.25) is 0 Å². The molecule has 2 rings (SSSR count). The zero-order valence-corrected chi connectivity index (χ0v) is 14.6. The monoisotopic (exact) mass is 319 g/mol. The van der Waals surface area contributed by atoms with Gasteiger partial charge in [-0.05, 0) is 30.2 Å². The van der Waals surface area contributed by atoms with E-state index < -0.39 is 0 Å². The SMILES string of the molecule is CC.COc1ccc(CNCc2cccc(F)c2C)c(OC)c1. The third-order valence-corrected chi connectivity index (χ3v) is 3.51. The van der Waals surface area contributed by atoms with Gasteiger partial charge in [-0.2, -0.15) is 0 Å². The van der Waals surface area contributed by atoms with Crippen LogP contribution >= 0.6 is 0 Å². The molecule has 2 aromatic rings. The van der Waals surface area contributed by atoms with Gasteiger partial charge in [0.2, 0.25) is 0 Å². The molecule has 2 aromatic carbocycles. The lowest BCUT2D eigenvalue weighted by atomic mass is 10.1. The van der Waals surface area contributed by atoms with Crippen molar-refractivity contribution in [3.05, 3.63) is 58.9 Å². The Balaban J connectivity index is 0.00000127. The summed E-state index contributed by atoms with van der Waals surface area (Å²) in [5.41, 5.74) is 2.68. The Hall–Kier alpha value is -2.07. The molecule has 0 aromatic heterocycles. The summed E-state index contributed by atoms with van der Waals surface area (Å²) in [5.74, 6) is 1.37. The van der Waals surface area contributed by atoms with Crippen LogP contribution in [0, 0.1) is 12.7 Å². The Labute approximate surface area is 138 Å². The molecule has 3 nitrogen and oxygen atoms in total. The van der Waals surface area contributed by atoms with E-state index in [9.17, 15) is 4.39 Å². The van der Waals surface area contributed by atoms with Gasteiger partial charge in [-0.25, -0.2) is 4.39 Å². The number of benzene rings is 2. The highest BCUT2D eigenvalue weighted by Crippen LogP contribution is 2.24. The predicted octanol–water partition coefficient (Wildman–Crippen LogP) is 4.47. The summed E-state index contributed by atoms with van der Waals surface area (Å²) in [5, 5.41) is 3.31. The highest BCUT2D eigenvalue weighted by molar-refractivity contribution is 5.40. The first-order chi connectivity index (χ1) is 11.2. The van der Waals surface area contributed by atoms with Crippen molar-refractivity contribution in [3.8, 4) is 11.5 Å². The minimum Gasteiger partial charge on any atom is -0.497 e. The Morgan fingerprint density at radius 2 is 1.65 bits per heavy atom. The summed E-state index contributed by atoms with van der Waals surface area (Å²) in [7, 11) is 3.26. The van der Waals surface area contributed by atoms with Gasteiger partial charge in [0, 0.05) is 24.7 Å². The summed E-state index contributed by atoms with van der Waals surface area (Å²) in [6, 6.07) is 10.8. The summed E-state index contributed by atoms with van der Waals surface area (Å²) < 4.78 is 24.0. The minimum absolute atomic E-state index is 0.170. The molecule has 0 bridgehead atoms. The summed E-state index contributed by atoms with van der Waals surface area (Å²) in [6.07, 6.45) is 0. The minimum atomic E-state index is -0.170. The first-order valence-corrected chi connectivity index (χ1v) is 7.81. The van der Waals surface area contributed by atoms with Crippen molar-refractivity contribution in [1.82, 2.24) is 5.32 Å². The van der Waals surface area contributed by atoms with Gasteiger partial charge in [0.25, 0.3) is 0 Å². The van der Waals surface area contributed by atoms with E-state index in [1.165, 1.54) is 6.07 Å². The molecule has 0 spiro atoms. The standard InChI is InChI=1S/C17H20FNO2.C2H6/c1-12-13(5-4-6-16(12)18)10-19-11-14-7-8-15(20-2)9-17(14)21-3;1-2/h4-9,19H,10-11H2,1-3H3;1-2H3. The van der Waals surface area contributed by atoms with Gasteiger partial charge in [-0.1, -0.05) is 32.0 Å². The van der Waals surface area contributed by atoms with Gasteiger partial charge in [0.1, 0.15) is 17.3 Å². The molecule has 1 N–H and O–H groups in total. The molecule has 0 aliphatic rings. The highest BCUT2D eigenvalue weighted by atomic mass is 19.1. The zero-order chi connectivity index (χ0) is 17.2. The number of hydrogen-bond acceptors (Lipinski definition) is 3. The van der Waals surface area contributed by atoms with E-state index in [4.69, 9.17) is 9.47 Å². The largest absolute Gasteiger partial charge is 0.497 e. The Morgan fingerprint density at radius 1 is 0.957 bits per heavy atom. The van der Waals surface area contributed by atoms with Crippen LogP contribution in [-0.2, 0) is 13.1 Å². The van der Waals surface area contributed by atoms with Gasteiger partial charge in [0.05, 0.1) is 14.2 Å². The van der Waals surface area contributed by atoms with Crippen LogP contribution in [0.15, 0.2) is 36.4 Å². The van der Waals surface area contributed by atoms with Crippen LogP contribution in [0.2, 0.25) is 0 Å². The maximum absolute atomic E-state index is 13.5. The fraction of sp³-hybridized carbons (Fsp3) is 0.368. The summed E-state index contributed by atoms with van der Waals surface area (Å²) in [4.78, 5) is 0. The second-order valence-electron chi connectivity index (χ2n) is 4.81. The molecule has 0 aliphatic heterocycles. The van der Waals surface area contributed by atoms with Gasteiger partial charge in [-0.15, -0.1) is 0 Å². The van der Waals surface area contributed by atoms with Gasteiger partial charge < -0.3 is 14.8 Å². The van der Waals surface area contributed by atoms with E-state index >= 15 is 0 Å². The molecule has 0 saturated heterocycles. The number of halogens is 1. The van der Waals surface area contributed by atoms with Gasteiger partial charge >= 0.3 is 0 Å². The fourth-order valence-electron chi connectivity index (χ4n) is 2.17. The number of nitrogens with one attached hydrogen (secondary N) is 1. The first kappa shape index (κ1) is 19.0. The molecule has 0 radical (unpaired) electrons. The van der Waals surface area contributed by atoms with Gasteiger partial charge in [0.15, 0.2) is 0 Å². The van der Waals surface area contributed by atoms with E-state index in [1.807, 2.05) is 38.1 Å². The van der Waals surface area contributed by atoms with E-state index in [1.54, 1.807) is 27.2 Å². The fourth-order valence-corrected chi connectivity index (χ4v) is 2.17. The molecule has 0 amide bonds. The highest BCUT2D eigenvalue weighted by Gasteiger charge is 2.06. The first-order valence-electron chi connectivity index (χ1n) is 7.81. The van der Waals surface area contributed by atoms with E-state index in [0.717, 1.165) is 22.6 Å². The summed E-state index contributed by atoms with van der Waals surface area (Å²) in [6.45, 7) is 7.04. The van der Waals surface area contributed by atoms with Crippen molar-refractivity contribution in [2.45, 2.75) is 33.9 Å². The van der Waals surface area contributed by atoms with Crippen molar-refractivity contribution >= 4 is 0 Å². The average molecular weight is 319 g/mol. The van der Waals surface area contributed by atoms with Crippen LogP contribution < -0.4 is 14.8 Å². The van der Waals surface area contributed by atoms with Crippen LogP contribution in [0.4, 0.5) is 4.39 Å². The van der Waals surface area contributed by atoms with E-state index in [0.29, 0.717) is 18.7 Å². The van der Waals surface area contributed by atoms with Crippen LogP contribution in [0.3, 0.4) is 0 Å². The molecular formula is C19H26FNO2. The lowest BCUT2D eigenvalue weighted by Crippen LogP contribution is -2.14. The van der Waals surface area contributed by atoms with Crippen LogP contribution in [0.1, 0.15) is 30.5 Å². The Morgan fingerprint density at radius 3 is 2.30 bits per heavy atom. The van der Waals surface area contributed by atoms with Crippen LogP contribution in [0.5, 0.6) is 11.5 Å². The molecule has 0 unspecified atom stereocenters. The predicted molar refractivity (Wildman–Crippen MR) is 92.6 cm³/mol. The van der Waals surface area contributed by atoms with Crippen molar-refractivity contribution < 1.29 is 13.9 Å². The average Bonchev–Trinajstić information content (AvgIpc) is 2.60. The quantitative estimate of drug-likeness (QED) is 0.852. The maximum atomic E-state index is 13.5. The lowest BCUT2D eigenvalue weighted by Gasteiger charge is -2.12. The third-order valence-electron chi connectivity index (χ3n) is 3.51.